The minimum Gasteiger partial charge on any atom is -0.496 e. The van der Waals surface area contributed by atoms with Gasteiger partial charge < -0.3 is 19.2 Å². The van der Waals surface area contributed by atoms with E-state index in [9.17, 15) is 4.79 Å². The Morgan fingerprint density at radius 2 is 1.96 bits per heavy atom. The van der Waals surface area contributed by atoms with Crippen molar-refractivity contribution in [2.24, 2.45) is 0 Å². The smallest absolute Gasteiger partial charge is 0.258 e. The number of amides is 1. The number of methoxy groups -OCH3 is 2. The quantitative estimate of drug-likeness (QED) is 0.714. The number of rotatable bonds is 7. The Morgan fingerprint density at radius 3 is 2.52 bits per heavy atom. The molecule has 7 heteroatoms. The summed E-state index contributed by atoms with van der Waals surface area (Å²) in [6, 6.07) is 10.4. The van der Waals surface area contributed by atoms with Gasteiger partial charge in [0.1, 0.15) is 28.9 Å². The molecule has 0 bridgehead atoms. The molecular weight excluding hydrogens is 322 g/mol. The van der Waals surface area contributed by atoms with Crippen LogP contribution in [-0.4, -0.2) is 36.5 Å². The summed E-state index contributed by atoms with van der Waals surface area (Å²) in [5, 5.41) is 7.15. The van der Waals surface area contributed by atoms with Gasteiger partial charge in [-0.2, -0.15) is 5.10 Å². The molecule has 0 aliphatic heterocycles. The zero-order valence-electron chi connectivity index (χ0n) is 14.0. The number of ether oxygens (including phenoxy) is 2. The number of carbonyl (C=O) groups is 1. The molecule has 1 amide bonds. The lowest BCUT2D eigenvalue weighted by molar-refractivity contribution is 0.0942. The third-order valence-electron chi connectivity index (χ3n) is 3.83. The summed E-state index contributed by atoms with van der Waals surface area (Å²) in [6.07, 6.45) is 5.10. The fourth-order valence-electron chi connectivity index (χ4n) is 2.62. The summed E-state index contributed by atoms with van der Waals surface area (Å²) in [5.74, 6) is 1.31. The zero-order valence-corrected chi connectivity index (χ0v) is 14.0. The number of furan rings is 1. The van der Waals surface area contributed by atoms with E-state index in [1.165, 1.54) is 14.2 Å². The first kappa shape index (κ1) is 16.6. The fraction of sp³-hybridized carbons (Fsp3) is 0.222. The summed E-state index contributed by atoms with van der Waals surface area (Å²) in [7, 11) is 3.03. The molecule has 2 aromatic heterocycles. The molecule has 0 fully saturated rings. The summed E-state index contributed by atoms with van der Waals surface area (Å²) < 4.78 is 17.8. The van der Waals surface area contributed by atoms with Crippen LogP contribution in [0.4, 0.5) is 0 Å². The molecule has 3 aromatic rings. The lowest BCUT2D eigenvalue weighted by Gasteiger charge is -2.18. The third-order valence-corrected chi connectivity index (χ3v) is 3.83. The van der Waals surface area contributed by atoms with Gasteiger partial charge in [0.25, 0.3) is 5.91 Å². The Kier molecular flexibility index (Phi) is 5.03. The van der Waals surface area contributed by atoms with Crippen LogP contribution in [-0.2, 0) is 0 Å². The standard InChI is InChI=1S/C18H19N3O4/c1-23-15-6-3-7-16(24-2)17(15)18(22)19-12-13(14-8-4-11-25-14)21-10-5-9-20-21/h3-11,13H,12H2,1-2H3,(H,19,22). The monoisotopic (exact) mass is 341 g/mol. The van der Waals surface area contributed by atoms with E-state index in [-0.39, 0.29) is 11.9 Å². The molecule has 0 saturated heterocycles. The van der Waals surface area contributed by atoms with Crippen molar-refractivity contribution in [2.45, 2.75) is 6.04 Å². The minimum absolute atomic E-state index is 0.255. The average Bonchev–Trinajstić information content (AvgIpc) is 3.35. The number of nitrogens with zero attached hydrogens (tertiary/aromatic N) is 2. The summed E-state index contributed by atoms with van der Waals surface area (Å²) in [4.78, 5) is 12.7. The SMILES string of the molecule is COc1cccc(OC)c1C(=O)NCC(c1ccco1)n1cccn1. The van der Waals surface area contributed by atoms with Crippen molar-refractivity contribution >= 4 is 5.91 Å². The van der Waals surface area contributed by atoms with E-state index in [2.05, 4.69) is 10.4 Å². The molecule has 2 heterocycles. The lowest BCUT2D eigenvalue weighted by atomic mass is 10.1. The maximum atomic E-state index is 12.7. The van der Waals surface area contributed by atoms with Gasteiger partial charge in [-0.15, -0.1) is 0 Å². The van der Waals surface area contributed by atoms with E-state index in [0.717, 1.165) is 0 Å². The minimum atomic E-state index is -0.294. The molecule has 0 saturated carbocycles. The summed E-state index contributed by atoms with van der Waals surface area (Å²) in [5.41, 5.74) is 0.353. The second kappa shape index (κ2) is 7.57. The number of carbonyl (C=O) groups excluding carboxylic acids is 1. The van der Waals surface area contributed by atoms with E-state index in [1.807, 2.05) is 18.3 Å². The predicted molar refractivity (Wildman–Crippen MR) is 91.0 cm³/mol. The predicted octanol–water partition coefficient (Wildman–Crippen LogP) is 2.51. The molecule has 130 valence electrons. The molecule has 0 aliphatic carbocycles. The number of benzene rings is 1. The van der Waals surface area contributed by atoms with Gasteiger partial charge in [0.2, 0.25) is 0 Å². The molecule has 1 N–H and O–H groups in total. The highest BCUT2D eigenvalue weighted by Crippen LogP contribution is 2.28. The van der Waals surface area contributed by atoms with Gasteiger partial charge in [-0.3, -0.25) is 9.48 Å². The van der Waals surface area contributed by atoms with Crippen molar-refractivity contribution in [2.75, 3.05) is 20.8 Å². The topological polar surface area (TPSA) is 78.5 Å². The summed E-state index contributed by atoms with van der Waals surface area (Å²) in [6.45, 7) is 0.301. The first-order valence-electron chi connectivity index (χ1n) is 7.76. The van der Waals surface area contributed by atoms with E-state index >= 15 is 0 Å². The van der Waals surface area contributed by atoms with Crippen molar-refractivity contribution in [3.05, 3.63) is 66.4 Å². The molecular formula is C18H19N3O4. The third kappa shape index (κ3) is 3.50. The van der Waals surface area contributed by atoms with Crippen LogP contribution in [0, 0.1) is 0 Å². The van der Waals surface area contributed by atoms with E-state index in [1.54, 1.807) is 41.4 Å². The van der Waals surface area contributed by atoms with Crippen LogP contribution in [0.3, 0.4) is 0 Å². The number of hydrogen-bond donors (Lipinski definition) is 1. The Bertz CT molecular complexity index is 756. The van der Waals surface area contributed by atoms with Gasteiger partial charge in [-0.1, -0.05) is 6.07 Å². The Labute approximate surface area is 145 Å². The van der Waals surface area contributed by atoms with Gasteiger partial charge in [-0.25, -0.2) is 0 Å². The maximum Gasteiger partial charge on any atom is 0.258 e. The van der Waals surface area contributed by atoms with Crippen LogP contribution in [0.2, 0.25) is 0 Å². The number of nitrogens with one attached hydrogen (secondary N) is 1. The van der Waals surface area contributed by atoms with Crippen molar-refractivity contribution in [3.63, 3.8) is 0 Å². The van der Waals surface area contributed by atoms with Crippen LogP contribution < -0.4 is 14.8 Å². The van der Waals surface area contributed by atoms with Gasteiger partial charge >= 0.3 is 0 Å². The molecule has 7 nitrogen and oxygen atoms in total. The first-order valence-corrected chi connectivity index (χ1v) is 7.76. The van der Waals surface area contributed by atoms with E-state index < -0.39 is 0 Å². The molecule has 25 heavy (non-hydrogen) atoms. The normalized spacial score (nSPS) is 11.8. The highest BCUT2D eigenvalue weighted by Gasteiger charge is 2.22. The first-order chi connectivity index (χ1) is 12.2. The second-order valence-electron chi connectivity index (χ2n) is 5.26. The van der Waals surface area contributed by atoms with Gasteiger partial charge in [0.15, 0.2) is 0 Å². The molecule has 0 aliphatic rings. The van der Waals surface area contributed by atoms with Gasteiger partial charge in [0.05, 0.1) is 20.5 Å². The largest absolute Gasteiger partial charge is 0.496 e. The van der Waals surface area contributed by atoms with Crippen LogP contribution in [0.5, 0.6) is 11.5 Å². The van der Waals surface area contributed by atoms with Crippen molar-refractivity contribution < 1.29 is 18.7 Å². The van der Waals surface area contributed by atoms with Crippen LogP contribution in [0.25, 0.3) is 0 Å². The highest BCUT2D eigenvalue weighted by atomic mass is 16.5. The molecule has 1 atom stereocenters. The number of aromatic nitrogens is 2. The van der Waals surface area contributed by atoms with E-state index in [4.69, 9.17) is 13.9 Å². The Balaban J connectivity index is 1.81. The molecule has 1 unspecified atom stereocenters. The van der Waals surface area contributed by atoms with Crippen LogP contribution in [0.15, 0.2) is 59.5 Å². The lowest BCUT2D eigenvalue weighted by Crippen LogP contribution is -2.32. The second-order valence-corrected chi connectivity index (χ2v) is 5.26. The molecule has 0 radical (unpaired) electrons. The van der Waals surface area contributed by atoms with Gasteiger partial charge in [0, 0.05) is 18.9 Å². The molecule has 0 spiro atoms. The average molecular weight is 341 g/mol. The van der Waals surface area contributed by atoms with Crippen molar-refractivity contribution in [1.29, 1.82) is 0 Å². The van der Waals surface area contributed by atoms with Gasteiger partial charge in [-0.05, 0) is 30.3 Å². The van der Waals surface area contributed by atoms with Crippen LogP contribution in [0.1, 0.15) is 22.2 Å². The Hall–Kier alpha value is -3.22. The summed E-state index contributed by atoms with van der Waals surface area (Å²) >= 11 is 0. The number of hydrogen-bond acceptors (Lipinski definition) is 5. The highest BCUT2D eigenvalue weighted by molar-refractivity contribution is 5.99. The maximum absolute atomic E-state index is 12.7. The Morgan fingerprint density at radius 1 is 1.20 bits per heavy atom. The van der Waals surface area contributed by atoms with Crippen molar-refractivity contribution in [3.8, 4) is 11.5 Å². The van der Waals surface area contributed by atoms with Crippen LogP contribution >= 0.6 is 0 Å². The fourth-order valence-corrected chi connectivity index (χ4v) is 2.62. The molecule has 1 aromatic carbocycles. The van der Waals surface area contributed by atoms with E-state index in [0.29, 0.717) is 29.4 Å². The molecule has 3 rings (SSSR count). The van der Waals surface area contributed by atoms with Crippen molar-refractivity contribution in [1.82, 2.24) is 15.1 Å². The zero-order chi connectivity index (χ0) is 17.6.